The fourth-order valence-electron chi connectivity index (χ4n) is 1.22. The standard InChI is InChI=1S/C7H9ClN2O2/c8-4-6-9-10-7(12-6)5-2-1-3-11-5/h5H,1-4H2. The van der Waals surface area contributed by atoms with Crippen LogP contribution in [0.4, 0.5) is 0 Å². The quantitative estimate of drug-likeness (QED) is 0.663. The molecule has 12 heavy (non-hydrogen) atoms. The molecule has 5 heteroatoms. The van der Waals surface area contributed by atoms with Crippen molar-refractivity contribution in [3.63, 3.8) is 0 Å². The van der Waals surface area contributed by atoms with E-state index in [-0.39, 0.29) is 12.0 Å². The normalized spacial score (nSPS) is 23.2. The Kier molecular flexibility index (Phi) is 2.28. The van der Waals surface area contributed by atoms with Crippen molar-refractivity contribution in [3.05, 3.63) is 11.8 Å². The summed E-state index contributed by atoms with van der Waals surface area (Å²) in [6.07, 6.45) is 2.02. The fraction of sp³-hybridized carbons (Fsp3) is 0.714. The number of alkyl halides is 1. The van der Waals surface area contributed by atoms with Gasteiger partial charge in [-0.1, -0.05) is 0 Å². The van der Waals surface area contributed by atoms with E-state index >= 15 is 0 Å². The van der Waals surface area contributed by atoms with Gasteiger partial charge in [0.25, 0.3) is 0 Å². The zero-order valence-electron chi connectivity index (χ0n) is 6.49. The van der Waals surface area contributed by atoms with E-state index in [1.807, 2.05) is 0 Å². The van der Waals surface area contributed by atoms with Gasteiger partial charge in [0.15, 0.2) is 0 Å². The fourth-order valence-corrected chi connectivity index (χ4v) is 1.33. The van der Waals surface area contributed by atoms with Crippen LogP contribution in [0.2, 0.25) is 0 Å². The van der Waals surface area contributed by atoms with Gasteiger partial charge < -0.3 is 9.15 Å². The van der Waals surface area contributed by atoms with Gasteiger partial charge in [-0.15, -0.1) is 21.8 Å². The number of nitrogens with zero attached hydrogens (tertiary/aromatic N) is 2. The summed E-state index contributed by atoms with van der Waals surface area (Å²) in [6.45, 7) is 0.781. The lowest BCUT2D eigenvalue weighted by Crippen LogP contribution is -1.95. The molecule has 0 N–H and O–H groups in total. The van der Waals surface area contributed by atoms with Gasteiger partial charge in [-0.2, -0.15) is 0 Å². The third-order valence-electron chi connectivity index (χ3n) is 1.80. The van der Waals surface area contributed by atoms with Crippen LogP contribution in [0.1, 0.15) is 30.7 Å². The summed E-state index contributed by atoms with van der Waals surface area (Å²) in [5.41, 5.74) is 0. The minimum atomic E-state index is -0.00512. The molecule has 0 amide bonds. The van der Waals surface area contributed by atoms with Crippen molar-refractivity contribution in [1.29, 1.82) is 0 Å². The molecule has 2 rings (SSSR count). The molecule has 0 radical (unpaired) electrons. The number of rotatable bonds is 2. The maximum Gasteiger partial charge on any atom is 0.245 e. The van der Waals surface area contributed by atoms with E-state index in [0.717, 1.165) is 19.4 Å². The van der Waals surface area contributed by atoms with Crippen molar-refractivity contribution in [2.24, 2.45) is 0 Å². The number of ether oxygens (including phenoxy) is 1. The van der Waals surface area contributed by atoms with Gasteiger partial charge in [0, 0.05) is 6.61 Å². The SMILES string of the molecule is ClCc1nnc(C2CCCO2)o1. The minimum absolute atomic E-state index is 0.00512. The molecule has 1 aliphatic heterocycles. The number of aromatic nitrogens is 2. The zero-order valence-corrected chi connectivity index (χ0v) is 7.25. The molecule has 0 saturated carbocycles. The van der Waals surface area contributed by atoms with Crippen LogP contribution in [0.15, 0.2) is 4.42 Å². The largest absolute Gasteiger partial charge is 0.421 e. The molecule has 2 heterocycles. The average molecular weight is 189 g/mol. The van der Waals surface area contributed by atoms with Crippen molar-refractivity contribution >= 4 is 11.6 Å². The Morgan fingerprint density at radius 1 is 1.50 bits per heavy atom. The summed E-state index contributed by atoms with van der Waals surface area (Å²) in [5.74, 6) is 1.28. The monoisotopic (exact) mass is 188 g/mol. The number of halogens is 1. The van der Waals surface area contributed by atoms with E-state index < -0.39 is 0 Å². The Bertz CT molecular complexity index is 258. The first-order valence-electron chi connectivity index (χ1n) is 3.90. The van der Waals surface area contributed by atoms with E-state index in [9.17, 15) is 0 Å². The van der Waals surface area contributed by atoms with Crippen LogP contribution in [-0.2, 0) is 10.6 Å². The molecule has 0 spiro atoms. The first-order chi connectivity index (χ1) is 5.90. The lowest BCUT2D eigenvalue weighted by molar-refractivity contribution is 0.0883. The Hall–Kier alpha value is -0.610. The third-order valence-corrected chi connectivity index (χ3v) is 2.03. The zero-order chi connectivity index (χ0) is 8.39. The van der Waals surface area contributed by atoms with Gasteiger partial charge >= 0.3 is 0 Å². The van der Waals surface area contributed by atoms with Gasteiger partial charge in [0.1, 0.15) is 12.0 Å². The highest BCUT2D eigenvalue weighted by Crippen LogP contribution is 2.27. The van der Waals surface area contributed by atoms with Crippen molar-refractivity contribution in [3.8, 4) is 0 Å². The Morgan fingerprint density at radius 3 is 3.00 bits per heavy atom. The number of hydrogen-bond acceptors (Lipinski definition) is 4. The molecule has 4 nitrogen and oxygen atoms in total. The topological polar surface area (TPSA) is 48.2 Å². The lowest BCUT2D eigenvalue weighted by Gasteiger charge is -2.00. The van der Waals surface area contributed by atoms with E-state index in [0.29, 0.717) is 11.8 Å². The van der Waals surface area contributed by atoms with Crippen molar-refractivity contribution in [2.45, 2.75) is 24.8 Å². The second kappa shape index (κ2) is 3.41. The van der Waals surface area contributed by atoms with Gasteiger partial charge in [0.2, 0.25) is 11.8 Å². The number of hydrogen-bond donors (Lipinski definition) is 0. The molecule has 0 aliphatic carbocycles. The van der Waals surface area contributed by atoms with Crippen LogP contribution in [0.3, 0.4) is 0 Å². The van der Waals surface area contributed by atoms with E-state index in [1.165, 1.54) is 0 Å². The predicted molar refractivity (Wildman–Crippen MR) is 41.8 cm³/mol. The maximum absolute atomic E-state index is 5.51. The second-order valence-electron chi connectivity index (χ2n) is 2.67. The predicted octanol–water partition coefficient (Wildman–Crippen LogP) is 1.66. The molecule has 1 saturated heterocycles. The summed E-state index contributed by atoms with van der Waals surface area (Å²) >= 11 is 5.51. The van der Waals surface area contributed by atoms with Crippen LogP contribution >= 0.6 is 11.6 Å². The van der Waals surface area contributed by atoms with Crippen molar-refractivity contribution in [2.75, 3.05) is 6.61 Å². The average Bonchev–Trinajstić information content (AvgIpc) is 2.75. The summed E-state index contributed by atoms with van der Waals surface area (Å²) in [5, 5.41) is 7.59. The molecule has 0 aromatic carbocycles. The van der Waals surface area contributed by atoms with Crippen molar-refractivity contribution in [1.82, 2.24) is 10.2 Å². The van der Waals surface area contributed by atoms with Crippen LogP contribution in [0.5, 0.6) is 0 Å². The highest BCUT2D eigenvalue weighted by atomic mass is 35.5. The molecule has 1 aliphatic rings. The van der Waals surface area contributed by atoms with E-state index in [4.69, 9.17) is 20.8 Å². The first-order valence-corrected chi connectivity index (χ1v) is 4.43. The molecule has 1 aromatic rings. The molecule has 0 bridgehead atoms. The van der Waals surface area contributed by atoms with Crippen LogP contribution in [-0.4, -0.2) is 16.8 Å². The van der Waals surface area contributed by atoms with E-state index in [2.05, 4.69) is 10.2 Å². The maximum atomic E-state index is 5.51. The molecule has 1 aromatic heterocycles. The summed E-state index contributed by atoms with van der Waals surface area (Å²) < 4.78 is 10.6. The second-order valence-corrected chi connectivity index (χ2v) is 2.94. The minimum Gasteiger partial charge on any atom is -0.421 e. The molecular weight excluding hydrogens is 180 g/mol. The Labute approximate surface area is 74.9 Å². The smallest absolute Gasteiger partial charge is 0.245 e. The van der Waals surface area contributed by atoms with Crippen LogP contribution in [0, 0.1) is 0 Å². The lowest BCUT2D eigenvalue weighted by atomic mass is 10.2. The summed E-state index contributed by atoms with van der Waals surface area (Å²) in [7, 11) is 0. The van der Waals surface area contributed by atoms with Gasteiger partial charge in [-0.05, 0) is 12.8 Å². The van der Waals surface area contributed by atoms with Gasteiger partial charge in [-0.3, -0.25) is 0 Å². The summed E-state index contributed by atoms with van der Waals surface area (Å²) in [6, 6.07) is 0. The molecule has 1 atom stereocenters. The highest BCUT2D eigenvalue weighted by Gasteiger charge is 2.23. The third kappa shape index (κ3) is 1.44. The molecule has 66 valence electrons. The first kappa shape index (κ1) is 8.01. The van der Waals surface area contributed by atoms with Gasteiger partial charge in [0.05, 0.1) is 0 Å². The molecule has 1 unspecified atom stereocenters. The summed E-state index contributed by atoms with van der Waals surface area (Å²) in [4.78, 5) is 0. The Balaban J connectivity index is 2.11. The van der Waals surface area contributed by atoms with Crippen molar-refractivity contribution < 1.29 is 9.15 Å². The van der Waals surface area contributed by atoms with Crippen LogP contribution in [0.25, 0.3) is 0 Å². The Morgan fingerprint density at radius 2 is 2.42 bits per heavy atom. The molecule has 1 fully saturated rings. The van der Waals surface area contributed by atoms with E-state index in [1.54, 1.807) is 0 Å². The van der Waals surface area contributed by atoms with Crippen LogP contribution < -0.4 is 0 Å². The molecular formula is C7H9ClN2O2. The highest BCUT2D eigenvalue weighted by molar-refractivity contribution is 6.16. The van der Waals surface area contributed by atoms with Gasteiger partial charge in [-0.25, -0.2) is 0 Å².